The van der Waals surface area contributed by atoms with Crippen LogP contribution in [-0.4, -0.2) is 35.7 Å². The molecule has 1 aromatic heterocycles. The molecule has 172 valence electrons. The monoisotopic (exact) mass is 466 g/mol. The molecule has 1 unspecified atom stereocenters. The van der Waals surface area contributed by atoms with Crippen molar-refractivity contribution in [2.24, 2.45) is 5.92 Å². The molecule has 2 aromatic carbocycles. The maximum Gasteiger partial charge on any atom is 0.293 e. The van der Waals surface area contributed by atoms with Gasteiger partial charge in [-0.3, -0.25) is 15.1 Å². The van der Waals surface area contributed by atoms with Crippen LogP contribution in [0.1, 0.15) is 37.1 Å². The molecular formula is C24H26N4O4S. The van der Waals surface area contributed by atoms with E-state index in [1.807, 2.05) is 42.5 Å². The molecule has 8 nitrogen and oxygen atoms in total. The summed E-state index contributed by atoms with van der Waals surface area (Å²) >= 11 is 0. The van der Waals surface area contributed by atoms with Gasteiger partial charge >= 0.3 is 0 Å². The first-order valence-electron chi connectivity index (χ1n) is 10.9. The zero-order chi connectivity index (χ0) is 23.4. The number of nitrogens with one attached hydrogen (secondary N) is 1. The minimum Gasteiger partial charge on any atom is -0.367 e. The highest BCUT2D eigenvalue weighted by molar-refractivity contribution is 7.89. The van der Waals surface area contributed by atoms with E-state index in [2.05, 4.69) is 17.2 Å². The van der Waals surface area contributed by atoms with Crippen LogP contribution >= 0.6 is 0 Å². The first-order chi connectivity index (χ1) is 15.9. The van der Waals surface area contributed by atoms with E-state index in [0.717, 1.165) is 24.5 Å². The van der Waals surface area contributed by atoms with E-state index in [4.69, 9.17) is 0 Å². The van der Waals surface area contributed by atoms with Crippen molar-refractivity contribution in [1.29, 1.82) is 0 Å². The summed E-state index contributed by atoms with van der Waals surface area (Å²) in [6.07, 6.45) is 3.23. The summed E-state index contributed by atoms with van der Waals surface area (Å²) in [7, 11) is -3.80. The van der Waals surface area contributed by atoms with E-state index in [-0.39, 0.29) is 16.3 Å². The molecule has 9 heteroatoms. The van der Waals surface area contributed by atoms with Gasteiger partial charge in [-0.2, -0.15) is 4.31 Å². The maximum atomic E-state index is 13.1. The van der Waals surface area contributed by atoms with E-state index in [1.165, 1.54) is 16.4 Å². The predicted octanol–water partition coefficient (Wildman–Crippen LogP) is 4.61. The normalized spacial score (nSPS) is 16.3. The Hall–Kier alpha value is -3.30. The minimum absolute atomic E-state index is 0.0663. The van der Waals surface area contributed by atoms with Gasteiger partial charge in [-0.1, -0.05) is 43.3 Å². The summed E-state index contributed by atoms with van der Waals surface area (Å²) in [4.78, 5) is 15.7. The second kappa shape index (κ2) is 9.68. The molecule has 2 heterocycles. The van der Waals surface area contributed by atoms with Crippen molar-refractivity contribution in [3.05, 3.63) is 94.3 Å². The van der Waals surface area contributed by atoms with Crippen molar-refractivity contribution in [3.8, 4) is 0 Å². The second-order valence-electron chi connectivity index (χ2n) is 8.27. The quantitative estimate of drug-likeness (QED) is 0.403. The van der Waals surface area contributed by atoms with Gasteiger partial charge in [0.05, 0.1) is 21.6 Å². The summed E-state index contributed by atoms with van der Waals surface area (Å²) in [6, 6.07) is 18.6. The Balaban J connectivity index is 1.70. The minimum atomic E-state index is -3.80. The van der Waals surface area contributed by atoms with Gasteiger partial charge in [0, 0.05) is 25.4 Å². The van der Waals surface area contributed by atoms with Crippen molar-refractivity contribution in [1.82, 2.24) is 9.29 Å². The van der Waals surface area contributed by atoms with Gasteiger partial charge in [-0.15, -0.1) is 0 Å². The highest BCUT2D eigenvalue weighted by atomic mass is 32.2. The van der Waals surface area contributed by atoms with Gasteiger partial charge in [0.25, 0.3) is 5.69 Å². The molecule has 0 saturated carbocycles. The molecule has 1 aliphatic rings. The second-order valence-corrected chi connectivity index (χ2v) is 10.2. The summed E-state index contributed by atoms with van der Waals surface area (Å²) in [6.45, 7) is 2.94. The van der Waals surface area contributed by atoms with E-state index in [9.17, 15) is 18.5 Å². The Labute approximate surface area is 193 Å². The van der Waals surface area contributed by atoms with Crippen LogP contribution in [0.25, 0.3) is 0 Å². The molecule has 0 aliphatic carbocycles. The number of nitro groups is 1. The van der Waals surface area contributed by atoms with Crippen LogP contribution in [-0.2, 0) is 10.0 Å². The zero-order valence-electron chi connectivity index (χ0n) is 18.3. The average Bonchev–Trinajstić information content (AvgIpc) is 2.83. The van der Waals surface area contributed by atoms with Crippen LogP contribution < -0.4 is 5.32 Å². The van der Waals surface area contributed by atoms with E-state index < -0.39 is 21.0 Å². The van der Waals surface area contributed by atoms with Crippen LogP contribution in [0.2, 0.25) is 0 Å². The first-order valence-corrected chi connectivity index (χ1v) is 12.3. The van der Waals surface area contributed by atoms with Gasteiger partial charge in [-0.25, -0.2) is 8.42 Å². The van der Waals surface area contributed by atoms with Crippen LogP contribution in [0.5, 0.6) is 0 Å². The molecule has 1 atom stereocenters. The van der Waals surface area contributed by atoms with Crippen molar-refractivity contribution in [2.75, 3.05) is 18.4 Å². The average molecular weight is 467 g/mol. The van der Waals surface area contributed by atoms with Crippen molar-refractivity contribution >= 4 is 21.4 Å². The summed E-state index contributed by atoms with van der Waals surface area (Å²) in [5.41, 5.74) is 1.51. The molecule has 0 radical (unpaired) electrons. The molecule has 1 aliphatic heterocycles. The zero-order valence-corrected chi connectivity index (χ0v) is 19.1. The molecule has 0 bridgehead atoms. The third kappa shape index (κ3) is 5.04. The number of pyridine rings is 1. The highest BCUT2D eigenvalue weighted by Crippen LogP contribution is 2.34. The molecule has 0 spiro atoms. The topological polar surface area (TPSA) is 105 Å². The van der Waals surface area contributed by atoms with Crippen molar-refractivity contribution in [2.45, 2.75) is 30.7 Å². The van der Waals surface area contributed by atoms with E-state index in [1.54, 1.807) is 12.3 Å². The lowest BCUT2D eigenvalue weighted by molar-refractivity contribution is -0.384. The fourth-order valence-electron chi connectivity index (χ4n) is 4.00. The molecule has 33 heavy (non-hydrogen) atoms. The van der Waals surface area contributed by atoms with Gasteiger partial charge in [0.1, 0.15) is 5.69 Å². The van der Waals surface area contributed by atoms with Crippen molar-refractivity contribution in [3.63, 3.8) is 0 Å². The predicted molar refractivity (Wildman–Crippen MR) is 126 cm³/mol. The standard InChI is InChI=1S/C24H26N4O4S/c1-18-12-15-27(16-13-18)33(31,32)20-10-11-21(23(17-20)28(29)30)26-24(19-7-3-2-4-8-19)22-9-5-6-14-25-22/h2-11,14,17-18,24,26H,12-13,15-16H2,1H3. The number of anilines is 1. The highest BCUT2D eigenvalue weighted by Gasteiger charge is 2.30. The Bertz CT molecular complexity index is 1170. The van der Waals surface area contributed by atoms with E-state index in [0.29, 0.717) is 24.7 Å². The van der Waals surface area contributed by atoms with Crippen LogP contribution in [0.4, 0.5) is 11.4 Å². The lowest BCUT2D eigenvalue weighted by atomic mass is 10.0. The third-order valence-electron chi connectivity index (χ3n) is 5.96. The number of aromatic nitrogens is 1. The first kappa shape index (κ1) is 22.9. The van der Waals surface area contributed by atoms with Gasteiger partial charge < -0.3 is 5.32 Å². The number of nitro benzene ring substituents is 1. The number of hydrogen-bond acceptors (Lipinski definition) is 6. The molecule has 0 amide bonds. The molecule has 1 saturated heterocycles. The Morgan fingerprint density at radius 1 is 1.06 bits per heavy atom. The SMILES string of the molecule is CC1CCN(S(=O)(=O)c2ccc(NC(c3ccccc3)c3ccccn3)c([N+](=O)[O-])c2)CC1. The fraction of sp³-hybridized carbons (Fsp3) is 0.292. The van der Waals surface area contributed by atoms with E-state index >= 15 is 0 Å². The molecule has 1 N–H and O–H groups in total. The van der Waals surface area contributed by atoms with Crippen LogP contribution in [0.15, 0.2) is 77.8 Å². The van der Waals surface area contributed by atoms with Gasteiger partial charge in [0.2, 0.25) is 10.0 Å². The summed E-state index contributed by atoms with van der Waals surface area (Å²) in [5.74, 6) is 0.471. The number of benzene rings is 2. The smallest absolute Gasteiger partial charge is 0.293 e. The fourth-order valence-corrected chi connectivity index (χ4v) is 5.49. The number of hydrogen-bond donors (Lipinski definition) is 1. The lowest BCUT2D eigenvalue weighted by Gasteiger charge is -2.29. The number of sulfonamides is 1. The van der Waals surface area contributed by atoms with Crippen LogP contribution in [0, 0.1) is 16.0 Å². The number of piperidine rings is 1. The summed E-state index contributed by atoms with van der Waals surface area (Å²) in [5, 5.41) is 15.1. The molecule has 3 aromatic rings. The third-order valence-corrected chi connectivity index (χ3v) is 7.86. The number of rotatable bonds is 7. The lowest BCUT2D eigenvalue weighted by Crippen LogP contribution is -2.37. The largest absolute Gasteiger partial charge is 0.367 e. The molecule has 4 rings (SSSR count). The Morgan fingerprint density at radius 3 is 2.39 bits per heavy atom. The van der Waals surface area contributed by atoms with Gasteiger partial charge in [-0.05, 0) is 48.6 Å². The van der Waals surface area contributed by atoms with Gasteiger partial charge in [0.15, 0.2) is 0 Å². The molecule has 1 fully saturated rings. The van der Waals surface area contributed by atoms with Crippen molar-refractivity contribution < 1.29 is 13.3 Å². The Kier molecular flexibility index (Phi) is 6.71. The molecular weight excluding hydrogens is 440 g/mol. The summed E-state index contributed by atoms with van der Waals surface area (Å²) < 4.78 is 27.7. The maximum absolute atomic E-state index is 13.1. The number of nitrogens with zero attached hydrogens (tertiary/aromatic N) is 3. The van der Waals surface area contributed by atoms with Crippen LogP contribution in [0.3, 0.4) is 0 Å². The Morgan fingerprint density at radius 2 is 1.76 bits per heavy atom.